The Kier molecular flexibility index (Phi) is 5.63. The summed E-state index contributed by atoms with van der Waals surface area (Å²) < 4.78 is 0. The molecule has 0 aliphatic carbocycles. The van der Waals surface area contributed by atoms with Crippen LogP contribution < -0.4 is 10.6 Å². The molecule has 0 saturated carbocycles. The van der Waals surface area contributed by atoms with E-state index in [4.69, 9.17) is 0 Å². The van der Waals surface area contributed by atoms with Crippen LogP contribution in [0.2, 0.25) is 0 Å². The SMILES string of the molecule is CCCCN(C)C(=O)Nc1ccccc1CN1CCNC1=O. The van der Waals surface area contributed by atoms with Crippen molar-refractivity contribution in [3.05, 3.63) is 29.8 Å². The fourth-order valence-electron chi connectivity index (χ4n) is 2.36. The maximum absolute atomic E-state index is 12.2. The Morgan fingerprint density at radius 1 is 1.41 bits per heavy atom. The van der Waals surface area contributed by atoms with Crippen LogP contribution in [0.1, 0.15) is 25.3 Å². The standard InChI is InChI=1S/C16H24N4O2/c1-3-4-10-19(2)16(22)18-14-8-6-5-7-13(14)12-20-11-9-17-15(20)21/h5-8H,3-4,9-12H2,1-2H3,(H,17,21)(H,18,22). The van der Waals surface area contributed by atoms with Crippen molar-refractivity contribution >= 4 is 17.7 Å². The summed E-state index contributed by atoms with van der Waals surface area (Å²) in [4.78, 5) is 27.3. The van der Waals surface area contributed by atoms with Gasteiger partial charge in [0, 0.05) is 38.9 Å². The first-order chi connectivity index (χ1) is 10.6. The first-order valence-corrected chi connectivity index (χ1v) is 7.74. The minimum Gasteiger partial charge on any atom is -0.336 e. The van der Waals surface area contributed by atoms with Gasteiger partial charge in [-0.25, -0.2) is 9.59 Å². The van der Waals surface area contributed by atoms with E-state index in [9.17, 15) is 9.59 Å². The van der Waals surface area contributed by atoms with Gasteiger partial charge < -0.3 is 20.4 Å². The summed E-state index contributed by atoms with van der Waals surface area (Å²) in [5.74, 6) is 0. The minimum atomic E-state index is -0.119. The third-order valence-corrected chi connectivity index (χ3v) is 3.76. The summed E-state index contributed by atoms with van der Waals surface area (Å²) >= 11 is 0. The van der Waals surface area contributed by atoms with Crippen molar-refractivity contribution in [1.29, 1.82) is 0 Å². The lowest BCUT2D eigenvalue weighted by Crippen LogP contribution is -2.33. The number of carbonyl (C=O) groups is 2. The average molecular weight is 304 g/mol. The van der Waals surface area contributed by atoms with Gasteiger partial charge in [0.25, 0.3) is 0 Å². The Bertz CT molecular complexity index is 533. The summed E-state index contributed by atoms with van der Waals surface area (Å²) in [6.07, 6.45) is 2.04. The summed E-state index contributed by atoms with van der Waals surface area (Å²) in [5.41, 5.74) is 1.70. The van der Waals surface area contributed by atoms with Gasteiger partial charge in [-0.1, -0.05) is 31.5 Å². The molecule has 1 aromatic rings. The van der Waals surface area contributed by atoms with E-state index >= 15 is 0 Å². The molecule has 1 aromatic carbocycles. The van der Waals surface area contributed by atoms with E-state index < -0.39 is 0 Å². The molecule has 1 heterocycles. The highest BCUT2D eigenvalue weighted by Gasteiger charge is 2.20. The molecule has 0 spiro atoms. The number of amides is 4. The van der Waals surface area contributed by atoms with E-state index in [0.717, 1.165) is 30.6 Å². The number of unbranched alkanes of at least 4 members (excludes halogenated alkanes) is 1. The van der Waals surface area contributed by atoms with E-state index in [1.807, 2.05) is 24.3 Å². The number of carbonyl (C=O) groups excluding carboxylic acids is 2. The number of urea groups is 2. The molecule has 1 saturated heterocycles. The Labute approximate surface area is 131 Å². The number of para-hydroxylation sites is 1. The lowest BCUT2D eigenvalue weighted by Gasteiger charge is -2.20. The van der Waals surface area contributed by atoms with Crippen molar-refractivity contribution in [1.82, 2.24) is 15.1 Å². The average Bonchev–Trinajstić information content (AvgIpc) is 2.92. The summed E-state index contributed by atoms with van der Waals surface area (Å²) in [7, 11) is 1.79. The number of hydrogen-bond donors (Lipinski definition) is 2. The molecule has 6 nitrogen and oxygen atoms in total. The lowest BCUT2D eigenvalue weighted by molar-refractivity contribution is 0.215. The second-order valence-corrected chi connectivity index (χ2v) is 5.52. The van der Waals surface area contributed by atoms with Crippen LogP contribution in [0.3, 0.4) is 0 Å². The van der Waals surface area contributed by atoms with E-state index in [0.29, 0.717) is 19.6 Å². The smallest absolute Gasteiger partial charge is 0.321 e. The highest BCUT2D eigenvalue weighted by atomic mass is 16.2. The molecule has 4 amide bonds. The van der Waals surface area contributed by atoms with Crippen LogP contribution in [-0.2, 0) is 6.54 Å². The molecule has 0 aromatic heterocycles. The van der Waals surface area contributed by atoms with Crippen molar-refractivity contribution < 1.29 is 9.59 Å². The van der Waals surface area contributed by atoms with Gasteiger partial charge in [0.05, 0.1) is 0 Å². The van der Waals surface area contributed by atoms with Gasteiger partial charge in [-0.2, -0.15) is 0 Å². The molecule has 1 fully saturated rings. The fourth-order valence-corrected chi connectivity index (χ4v) is 2.36. The first-order valence-electron chi connectivity index (χ1n) is 7.74. The quantitative estimate of drug-likeness (QED) is 0.848. The fraction of sp³-hybridized carbons (Fsp3) is 0.500. The van der Waals surface area contributed by atoms with Gasteiger partial charge in [-0.05, 0) is 18.1 Å². The van der Waals surface area contributed by atoms with Crippen LogP contribution in [0.15, 0.2) is 24.3 Å². The highest BCUT2D eigenvalue weighted by Crippen LogP contribution is 2.18. The second-order valence-electron chi connectivity index (χ2n) is 5.52. The molecule has 0 atom stereocenters. The van der Waals surface area contributed by atoms with Crippen LogP contribution in [0, 0.1) is 0 Å². The number of anilines is 1. The van der Waals surface area contributed by atoms with Gasteiger partial charge in [-0.3, -0.25) is 0 Å². The minimum absolute atomic E-state index is 0.0545. The monoisotopic (exact) mass is 304 g/mol. The highest BCUT2D eigenvalue weighted by molar-refractivity contribution is 5.90. The van der Waals surface area contributed by atoms with Gasteiger partial charge >= 0.3 is 12.1 Å². The molecular formula is C16H24N4O2. The third-order valence-electron chi connectivity index (χ3n) is 3.76. The van der Waals surface area contributed by atoms with Crippen LogP contribution in [-0.4, -0.2) is 48.5 Å². The number of nitrogens with one attached hydrogen (secondary N) is 2. The second kappa shape index (κ2) is 7.68. The van der Waals surface area contributed by atoms with Crippen molar-refractivity contribution in [3.63, 3.8) is 0 Å². The van der Waals surface area contributed by atoms with Gasteiger partial charge in [0.2, 0.25) is 0 Å². The van der Waals surface area contributed by atoms with Crippen molar-refractivity contribution in [2.75, 3.05) is 32.0 Å². The Balaban J connectivity index is 2.01. The van der Waals surface area contributed by atoms with E-state index in [1.165, 1.54) is 0 Å². The molecule has 1 aliphatic heterocycles. The van der Waals surface area contributed by atoms with Crippen LogP contribution in [0.4, 0.5) is 15.3 Å². The van der Waals surface area contributed by atoms with E-state index in [-0.39, 0.29) is 12.1 Å². The van der Waals surface area contributed by atoms with Gasteiger partial charge in [0.1, 0.15) is 0 Å². The molecule has 6 heteroatoms. The predicted molar refractivity (Wildman–Crippen MR) is 86.8 cm³/mol. The number of benzene rings is 1. The van der Waals surface area contributed by atoms with Crippen LogP contribution in [0.5, 0.6) is 0 Å². The zero-order valence-corrected chi connectivity index (χ0v) is 13.3. The zero-order chi connectivity index (χ0) is 15.9. The lowest BCUT2D eigenvalue weighted by atomic mass is 10.1. The maximum Gasteiger partial charge on any atom is 0.321 e. The number of hydrogen-bond acceptors (Lipinski definition) is 2. The molecule has 0 radical (unpaired) electrons. The summed E-state index contributed by atoms with van der Waals surface area (Å²) in [6, 6.07) is 7.44. The summed E-state index contributed by atoms with van der Waals surface area (Å²) in [5, 5.41) is 5.72. The Morgan fingerprint density at radius 2 is 2.18 bits per heavy atom. The molecule has 22 heavy (non-hydrogen) atoms. The molecular weight excluding hydrogens is 280 g/mol. The van der Waals surface area contributed by atoms with Crippen LogP contribution in [0.25, 0.3) is 0 Å². The van der Waals surface area contributed by atoms with Crippen molar-refractivity contribution in [3.8, 4) is 0 Å². The van der Waals surface area contributed by atoms with Gasteiger partial charge in [0.15, 0.2) is 0 Å². The third kappa shape index (κ3) is 4.13. The van der Waals surface area contributed by atoms with Crippen molar-refractivity contribution in [2.24, 2.45) is 0 Å². The van der Waals surface area contributed by atoms with Gasteiger partial charge in [-0.15, -0.1) is 0 Å². The first kappa shape index (κ1) is 16.1. The molecule has 0 unspecified atom stereocenters. The summed E-state index contributed by atoms with van der Waals surface area (Å²) in [6.45, 7) is 4.70. The molecule has 2 rings (SSSR count). The van der Waals surface area contributed by atoms with Crippen molar-refractivity contribution in [2.45, 2.75) is 26.3 Å². The maximum atomic E-state index is 12.2. The molecule has 120 valence electrons. The normalized spacial score (nSPS) is 13.9. The molecule has 0 bridgehead atoms. The number of nitrogens with zero attached hydrogens (tertiary/aromatic N) is 2. The Hall–Kier alpha value is -2.24. The molecule has 2 N–H and O–H groups in total. The topological polar surface area (TPSA) is 64.7 Å². The zero-order valence-electron chi connectivity index (χ0n) is 13.3. The van der Waals surface area contributed by atoms with Crippen LogP contribution >= 0.6 is 0 Å². The van der Waals surface area contributed by atoms with E-state index in [2.05, 4.69) is 17.6 Å². The molecule has 1 aliphatic rings. The number of rotatable bonds is 6. The Morgan fingerprint density at radius 3 is 2.86 bits per heavy atom. The van der Waals surface area contributed by atoms with E-state index in [1.54, 1.807) is 16.8 Å². The largest absolute Gasteiger partial charge is 0.336 e. The predicted octanol–water partition coefficient (Wildman–Crippen LogP) is 2.48.